The molecule has 0 aliphatic carbocycles. The number of aromatic nitrogens is 3. The van der Waals surface area contributed by atoms with Gasteiger partial charge in [0.1, 0.15) is 12.7 Å². The molecular formula is C24H29N5O. The van der Waals surface area contributed by atoms with Gasteiger partial charge < -0.3 is 5.32 Å². The van der Waals surface area contributed by atoms with Gasteiger partial charge in [-0.3, -0.25) is 9.69 Å². The smallest absolute Gasteiger partial charge is 0.251 e. The molecule has 2 heterocycles. The fourth-order valence-electron chi connectivity index (χ4n) is 4.13. The van der Waals surface area contributed by atoms with Crippen molar-refractivity contribution in [2.45, 2.75) is 32.4 Å². The van der Waals surface area contributed by atoms with E-state index in [1.165, 1.54) is 24.7 Å². The van der Waals surface area contributed by atoms with Crippen LogP contribution in [-0.2, 0) is 6.54 Å². The van der Waals surface area contributed by atoms with Gasteiger partial charge in [0.2, 0.25) is 0 Å². The molecule has 0 bridgehead atoms. The highest BCUT2D eigenvalue weighted by Gasteiger charge is 2.25. The van der Waals surface area contributed by atoms with E-state index < -0.39 is 0 Å². The second-order valence-electron chi connectivity index (χ2n) is 8.11. The Bertz CT molecular complexity index is 933. The lowest BCUT2D eigenvalue weighted by molar-refractivity contribution is 0.0912. The molecule has 1 aromatic heterocycles. The lowest BCUT2D eigenvalue weighted by Crippen LogP contribution is -2.42. The van der Waals surface area contributed by atoms with Gasteiger partial charge in [-0.15, -0.1) is 0 Å². The Labute approximate surface area is 177 Å². The SMILES string of the molecule is CC1CCN(C(CNC(=O)c2ccccc2Cn2cncn2)c2ccccc2)CC1. The third kappa shape index (κ3) is 4.94. The first kappa shape index (κ1) is 20.3. The van der Waals surface area contributed by atoms with Gasteiger partial charge >= 0.3 is 0 Å². The molecule has 0 saturated carbocycles. The number of carbonyl (C=O) groups is 1. The van der Waals surface area contributed by atoms with E-state index >= 15 is 0 Å². The van der Waals surface area contributed by atoms with Crippen LogP contribution in [0.25, 0.3) is 0 Å². The number of benzene rings is 2. The normalized spacial score (nSPS) is 16.3. The van der Waals surface area contributed by atoms with Crippen LogP contribution in [0.5, 0.6) is 0 Å². The predicted octanol–water partition coefficient (Wildman–Crippen LogP) is 3.53. The zero-order valence-corrected chi connectivity index (χ0v) is 17.4. The molecule has 1 aliphatic rings. The van der Waals surface area contributed by atoms with Crippen molar-refractivity contribution in [3.05, 3.63) is 83.9 Å². The van der Waals surface area contributed by atoms with E-state index in [2.05, 4.69) is 51.5 Å². The fourth-order valence-corrected chi connectivity index (χ4v) is 4.13. The molecule has 1 N–H and O–H groups in total. The first-order chi connectivity index (χ1) is 14.7. The highest BCUT2D eigenvalue weighted by molar-refractivity contribution is 5.95. The lowest BCUT2D eigenvalue weighted by Gasteiger charge is -2.37. The summed E-state index contributed by atoms with van der Waals surface area (Å²) in [7, 11) is 0. The number of carbonyl (C=O) groups excluding carboxylic acids is 1. The maximum atomic E-state index is 13.1. The number of rotatable bonds is 7. The molecule has 1 fully saturated rings. The number of likely N-dealkylation sites (tertiary alicyclic amines) is 1. The van der Waals surface area contributed by atoms with E-state index in [9.17, 15) is 4.79 Å². The van der Waals surface area contributed by atoms with Gasteiger partial charge in [0.15, 0.2) is 0 Å². The number of piperidine rings is 1. The molecule has 6 heteroatoms. The van der Waals surface area contributed by atoms with Crippen molar-refractivity contribution in [1.82, 2.24) is 25.0 Å². The molecule has 0 spiro atoms. The van der Waals surface area contributed by atoms with Crippen molar-refractivity contribution in [1.29, 1.82) is 0 Å². The molecule has 4 rings (SSSR count). The van der Waals surface area contributed by atoms with Crippen LogP contribution in [0.4, 0.5) is 0 Å². The summed E-state index contributed by atoms with van der Waals surface area (Å²) in [4.78, 5) is 19.6. The van der Waals surface area contributed by atoms with Crippen LogP contribution in [0.3, 0.4) is 0 Å². The summed E-state index contributed by atoms with van der Waals surface area (Å²) in [6.45, 7) is 5.58. The minimum Gasteiger partial charge on any atom is -0.350 e. The van der Waals surface area contributed by atoms with E-state index in [0.29, 0.717) is 18.7 Å². The van der Waals surface area contributed by atoms with Crippen LogP contribution in [-0.4, -0.2) is 45.2 Å². The lowest BCUT2D eigenvalue weighted by atomic mass is 9.95. The maximum absolute atomic E-state index is 13.1. The minimum atomic E-state index is -0.0444. The number of hydrogen-bond donors (Lipinski definition) is 1. The van der Waals surface area contributed by atoms with E-state index in [-0.39, 0.29) is 11.9 Å². The molecule has 1 unspecified atom stereocenters. The second kappa shape index (κ2) is 9.67. The quantitative estimate of drug-likeness (QED) is 0.656. The fraction of sp³-hybridized carbons (Fsp3) is 0.375. The standard InChI is InChI=1S/C24H29N5O/c1-19-11-13-28(14-12-19)23(20-7-3-2-4-8-20)15-26-24(30)22-10-6-5-9-21(22)16-29-18-25-17-27-29/h2-10,17-19,23H,11-16H2,1H3,(H,26,30). The summed E-state index contributed by atoms with van der Waals surface area (Å²) in [6, 6.07) is 18.4. The van der Waals surface area contributed by atoms with Crippen LogP contribution in [0, 0.1) is 5.92 Å². The molecule has 1 aliphatic heterocycles. The first-order valence-electron chi connectivity index (χ1n) is 10.7. The molecule has 156 valence electrons. The molecule has 1 atom stereocenters. The van der Waals surface area contributed by atoms with Gasteiger partial charge in [-0.2, -0.15) is 5.10 Å². The highest BCUT2D eigenvalue weighted by Crippen LogP contribution is 2.26. The molecule has 0 radical (unpaired) electrons. The molecule has 30 heavy (non-hydrogen) atoms. The minimum absolute atomic E-state index is 0.0444. The zero-order valence-electron chi connectivity index (χ0n) is 17.4. The van der Waals surface area contributed by atoms with Crippen LogP contribution in [0.2, 0.25) is 0 Å². The average Bonchev–Trinajstić information content (AvgIpc) is 3.29. The molecule has 2 aromatic carbocycles. The molecule has 3 aromatic rings. The Morgan fingerprint density at radius 3 is 2.57 bits per heavy atom. The topological polar surface area (TPSA) is 63.1 Å². The van der Waals surface area contributed by atoms with Crippen molar-refractivity contribution < 1.29 is 4.79 Å². The largest absolute Gasteiger partial charge is 0.350 e. The highest BCUT2D eigenvalue weighted by atomic mass is 16.1. The van der Waals surface area contributed by atoms with Crippen LogP contribution in [0.15, 0.2) is 67.3 Å². The Hall–Kier alpha value is -2.99. The summed E-state index contributed by atoms with van der Waals surface area (Å²) >= 11 is 0. The average molecular weight is 404 g/mol. The summed E-state index contributed by atoms with van der Waals surface area (Å²) in [5.74, 6) is 0.730. The van der Waals surface area contributed by atoms with E-state index in [1.54, 1.807) is 11.0 Å². The van der Waals surface area contributed by atoms with Gasteiger partial charge in [-0.05, 0) is 49.0 Å². The third-order valence-corrected chi connectivity index (χ3v) is 5.96. The zero-order chi connectivity index (χ0) is 20.8. The van der Waals surface area contributed by atoms with E-state index in [4.69, 9.17) is 0 Å². The van der Waals surface area contributed by atoms with E-state index in [1.807, 2.05) is 30.3 Å². The van der Waals surface area contributed by atoms with Crippen molar-refractivity contribution in [2.75, 3.05) is 19.6 Å². The predicted molar refractivity (Wildman–Crippen MR) is 117 cm³/mol. The third-order valence-electron chi connectivity index (χ3n) is 5.96. The number of nitrogens with zero attached hydrogens (tertiary/aromatic N) is 4. The summed E-state index contributed by atoms with van der Waals surface area (Å²) in [5.41, 5.74) is 2.87. The van der Waals surface area contributed by atoms with Crippen LogP contribution in [0.1, 0.15) is 47.3 Å². The summed E-state index contributed by atoms with van der Waals surface area (Å²) < 4.78 is 1.73. The van der Waals surface area contributed by atoms with Crippen molar-refractivity contribution >= 4 is 5.91 Å². The number of nitrogens with one attached hydrogen (secondary N) is 1. The van der Waals surface area contributed by atoms with Gasteiger partial charge in [-0.1, -0.05) is 55.5 Å². The second-order valence-corrected chi connectivity index (χ2v) is 8.11. The Kier molecular flexibility index (Phi) is 6.54. The Morgan fingerprint density at radius 1 is 1.10 bits per heavy atom. The Morgan fingerprint density at radius 2 is 1.83 bits per heavy atom. The van der Waals surface area contributed by atoms with E-state index in [0.717, 1.165) is 24.6 Å². The van der Waals surface area contributed by atoms with Gasteiger partial charge in [0.05, 0.1) is 12.6 Å². The number of amides is 1. The van der Waals surface area contributed by atoms with Crippen molar-refractivity contribution in [3.63, 3.8) is 0 Å². The van der Waals surface area contributed by atoms with Crippen LogP contribution < -0.4 is 5.32 Å². The summed E-state index contributed by atoms with van der Waals surface area (Å²) in [6.07, 6.45) is 5.58. The van der Waals surface area contributed by atoms with Crippen LogP contribution >= 0.6 is 0 Å². The van der Waals surface area contributed by atoms with Gasteiger partial charge in [0, 0.05) is 12.1 Å². The molecular weight excluding hydrogens is 374 g/mol. The van der Waals surface area contributed by atoms with Crippen molar-refractivity contribution in [2.24, 2.45) is 5.92 Å². The Balaban J connectivity index is 1.48. The van der Waals surface area contributed by atoms with Gasteiger partial charge in [0.25, 0.3) is 5.91 Å². The first-order valence-corrected chi connectivity index (χ1v) is 10.7. The monoisotopic (exact) mass is 403 g/mol. The number of hydrogen-bond acceptors (Lipinski definition) is 4. The maximum Gasteiger partial charge on any atom is 0.251 e. The molecule has 1 saturated heterocycles. The van der Waals surface area contributed by atoms with Gasteiger partial charge in [-0.25, -0.2) is 9.67 Å². The molecule has 1 amide bonds. The molecule has 6 nitrogen and oxygen atoms in total. The van der Waals surface area contributed by atoms with Crippen molar-refractivity contribution in [3.8, 4) is 0 Å². The summed E-state index contributed by atoms with van der Waals surface area (Å²) in [5, 5.41) is 7.36.